The Balaban J connectivity index is 1.88. The molecule has 22 heavy (non-hydrogen) atoms. The number of alkyl halides is 1. The summed E-state index contributed by atoms with van der Waals surface area (Å²) in [6.07, 6.45) is 1.11. The van der Waals surface area contributed by atoms with Gasteiger partial charge in [0.15, 0.2) is 11.6 Å². The summed E-state index contributed by atoms with van der Waals surface area (Å²) in [6, 6.07) is 5.85. The van der Waals surface area contributed by atoms with Gasteiger partial charge in [-0.1, -0.05) is 0 Å². The molecule has 1 fully saturated rings. The fourth-order valence-electron chi connectivity index (χ4n) is 2.72. The van der Waals surface area contributed by atoms with Crippen LogP contribution in [0.1, 0.15) is 22.5 Å². The number of Topliss-reactive ketones (excluding diaryl/α,β-unsaturated/α-hetero) is 1. The van der Waals surface area contributed by atoms with Gasteiger partial charge in [0.05, 0.1) is 5.92 Å². The average Bonchev–Trinajstić information content (AvgIpc) is 2.91. The van der Waals surface area contributed by atoms with Crippen LogP contribution in [0.5, 0.6) is 0 Å². The number of hydrogen-bond acceptors (Lipinski definition) is 4. The molecule has 4 rings (SSSR count). The number of carbonyl (C=O) groups excluding carboxylic acids is 1. The predicted molar refractivity (Wildman–Crippen MR) is 85.0 cm³/mol. The van der Waals surface area contributed by atoms with Gasteiger partial charge in [-0.3, -0.25) is 9.20 Å². The Morgan fingerprint density at radius 1 is 1.45 bits per heavy atom. The highest BCUT2D eigenvalue weighted by Gasteiger charge is 2.45. The average molecular weight is 315 g/mol. The smallest absolute Gasteiger partial charge is 0.189 e. The number of nitrogens with two attached hydrogens (primary N) is 1. The van der Waals surface area contributed by atoms with Gasteiger partial charge >= 0.3 is 0 Å². The topological polar surface area (TPSA) is 60.4 Å². The molecule has 1 aliphatic carbocycles. The molecule has 112 valence electrons. The first-order valence-corrected chi connectivity index (χ1v) is 7.94. The molecule has 0 saturated heterocycles. The van der Waals surface area contributed by atoms with Gasteiger partial charge < -0.3 is 5.73 Å². The van der Waals surface area contributed by atoms with E-state index >= 15 is 0 Å². The molecule has 0 aromatic carbocycles. The molecule has 0 bridgehead atoms. The van der Waals surface area contributed by atoms with Crippen LogP contribution in [0.2, 0.25) is 0 Å². The van der Waals surface area contributed by atoms with Crippen molar-refractivity contribution < 1.29 is 9.18 Å². The summed E-state index contributed by atoms with van der Waals surface area (Å²) in [6.45, 7) is 2.04. The first-order chi connectivity index (χ1) is 10.6. The largest absolute Gasteiger partial charge is 0.382 e. The zero-order valence-electron chi connectivity index (χ0n) is 11.9. The summed E-state index contributed by atoms with van der Waals surface area (Å²) in [5, 5.41) is 2.03. The van der Waals surface area contributed by atoms with Crippen molar-refractivity contribution in [3.8, 4) is 10.4 Å². The van der Waals surface area contributed by atoms with E-state index in [9.17, 15) is 9.18 Å². The van der Waals surface area contributed by atoms with Crippen molar-refractivity contribution in [1.29, 1.82) is 0 Å². The summed E-state index contributed by atoms with van der Waals surface area (Å²) in [5.74, 6) is -0.643. The van der Waals surface area contributed by atoms with Crippen LogP contribution in [0.15, 0.2) is 29.8 Å². The standard InChI is InChI=1S/C16H14FN3OS/c1-8-4-5-22-15(8)9-2-3-12-19-16(18)13(20(12)7-9)14(21)10-6-11(10)17/h2-5,7,10-11H,6,18H2,1H3/t10-,11+/m1/s1. The lowest BCUT2D eigenvalue weighted by molar-refractivity contribution is 0.0952. The van der Waals surface area contributed by atoms with Crippen LogP contribution in [0.25, 0.3) is 16.1 Å². The van der Waals surface area contributed by atoms with Crippen molar-refractivity contribution in [2.24, 2.45) is 5.92 Å². The minimum atomic E-state index is -1.04. The van der Waals surface area contributed by atoms with E-state index in [-0.39, 0.29) is 18.0 Å². The number of thiophene rings is 1. The number of hydrogen-bond donors (Lipinski definition) is 1. The van der Waals surface area contributed by atoms with Gasteiger partial charge in [0.25, 0.3) is 0 Å². The summed E-state index contributed by atoms with van der Waals surface area (Å²) in [4.78, 5) is 17.8. The monoisotopic (exact) mass is 315 g/mol. The van der Waals surface area contributed by atoms with Gasteiger partial charge in [-0.05, 0) is 42.5 Å². The zero-order valence-corrected chi connectivity index (χ0v) is 12.7. The third-order valence-electron chi connectivity index (χ3n) is 4.05. The van der Waals surface area contributed by atoms with Crippen LogP contribution in [-0.4, -0.2) is 21.3 Å². The van der Waals surface area contributed by atoms with Crippen LogP contribution >= 0.6 is 11.3 Å². The molecule has 1 aliphatic rings. The Bertz CT molecular complexity index is 898. The molecule has 6 heteroatoms. The number of aryl methyl sites for hydroxylation is 1. The number of nitrogen functional groups attached to an aromatic ring is 1. The van der Waals surface area contributed by atoms with Gasteiger partial charge in [0, 0.05) is 16.6 Å². The normalized spacial score (nSPS) is 20.5. The molecular weight excluding hydrogens is 301 g/mol. The second-order valence-corrected chi connectivity index (χ2v) is 6.56. The van der Waals surface area contributed by atoms with Crippen molar-refractivity contribution in [2.75, 3.05) is 5.73 Å². The number of pyridine rings is 1. The molecule has 3 aromatic rings. The maximum absolute atomic E-state index is 13.2. The van der Waals surface area contributed by atoms with Crippen molar-refractivity contribution in [3.05, 3.63) is 41.0 Å². The lowest BCUT2D eigenvalue weighted by atomic mass is 10.1. The molecule has 2 atom stereocenters. The minimum absolute atomic E-state index is 0.171. The Morgan fingerprint density at radius 2 is 2.23 bits per heavy atom. The number of nitrogens with zero attached hydrogens (tertiary/aromatic N) is 2. The quantitative estimate of drug-likeness (QED) is 0.753. The highest BCUT2D eigenvalue weighted by atomic mass is 32.1. The van der Waals surface area contributed by atoms with E-state index in [1.54, 1.807) is 15.7 Å². The summed E-state index contributed by atoms with van der Waals surface area (Å²) >= 11 is 1.64. The van der Waals surface area contributed by atoms with E-state index in [4.69, 9.17) is 5.73 Å². The Morgan fingerprint density at radius 3 is 2.86 bits per heavy atom. The zero-order chi connectivity index (χ0) is 15.4. The SMILES string of the molecule is Cc1ccsc1-c1ccc2nc(N)c(C(=O)[C@@H]3C[C@@H]3F)n2c1. The number of fused-ring (bicyclic) bond motifs is 1. The van der Waals surface area contributed by atoms with E-state index in [0.717, 1.165) is 10.4 Å². The number of anilines is 1. The molecule has 0 spiro atoms. The molecule has 0 amide bonds. The molecule has 2 N–H and O–H groups in total. The van der Waals surface area contributed by atoms with Crippen molar-refractivity contribution in [1.82, 2.24) is 9.38 Å². The highest BCUT2D eigenvalue weighted by molar-refractivity contribution is 7.13. The van der Waals surface area contributed by atoms with Gasteiger partial charge in [-0.15, -0.1) is 11.3 Å². The van der Waals surface area contributed by atoms with Gasteiger partial charge in [-0.25, -0.2) is 9.37 Å². The molecule has 0 radical (unpaired) electrons. The molecule has 3 aromatic heterocycles. The van der Waals surface area contributed by atoms with Crippen LogP contribution in [0.3, 0.4) is 0 Å². The Kier molecular flexibility index (Phi) is 2.84. The van der Waals surface area contributed by atoms with E-state index in [2.05, 4.69) is 11.1 Å². The number of halogens is 1. The lowest BCUT2D eigenvalue weighted by Gasteiger charge is -2.04. The Hall–Kier alpha value is -2.21. The van der Waals surface area contributed by atoms with E-state index in [1.807, 2.05) is 30.6 Å². The van der Waals surface area contributed by atoms with E-state index < -0.39 is 12.1 Å². The van der Waals surface area contributed by atoms with Gasteiger partial charge in [0.1, 0.15) is 17.5 Å². The fraction of sp³-hybridized carbons (Fsp3) is 0.250. The van der Waals surface area contributed by atoms with Crippen molar-refractivity contribution >= 4 is 28.6 Å². The third kappa shape index (κ3) is 1.94. The summed E-state index contributed by atoms with van der Waals surface area (Å²) in [5.41, 5.74) is 8.98. The molecule has 0 unspecified atom stereocenters. The lowest BCUT2D eigenvalue weighted by Crippen LogP contribution is -2.10. The summed E-state index contributed by atoms with van der Waals surface area (Å²) < 4.78 is 14.9. The fourth-order valence-corrected chi connectivity index (χ4v) is 3.64. The summed E-state index contributed by atoms with van der Waals surface area (Å²) in [7, 11) is 0. The Labute approximate surface area is 130 Å². The second-order valence-electron chi connectivity index (χ2n) is 5.65. The molecule has 0 aliphatic heterocycles. The van der Waals surface area contributed by atoms with Crippen LogP contribution in [0.4, 0.5) is 10.2 Å². The first kappa shape index (κ1) is 13.5. The molecule has 4 nitrogen and oxygen atoms in total. The molecule has 3 heterocycles. The van der Waals surface area contributed by atoms with Crippen LogP contribution in [-0.2, 0) is 0 Å². The van der Waals surface area contributed by atoms with Gasteiger partial charge in [-0.2, -0.15) is 0 Å². The maximum atomic E-state index is 13.2. The second kappa shape index (κ2) is 4.64. The van der Waals surface area contributed by atoms with E-state index in [1.165, 1.54) is 5.56 Å². The third-order valence-corrected chi connectivity index (χ3v) is 5.12. The minimum Gasteiger partial charge on any atom is -0.382 e. The van der Waals surface area contributed by atoms with Crippen LogP contribution in [0, 0.1) is 12.8 Å². The molecular formula is C16H14FN3OS. The maximum Gasteiger partial charge on any atom is 0.189 e. The van der Waals surface area contributed by atoms with Crippen molar-refractivity contribution in [2.45, 2.75) is 19.5 Å². The number of aromatic nitrogens is 2. The number of carbonyl (C=O) groups is 1. The first-order valence-electron chi connectivity index (χ1n) is 7.06. The number of ketones is 1. The van der Waals surface area contributed by atoms with Crippen molar-refractivity contribution in [3.63, 3.8) is 0 Å². The van der Waals surface area contributed by atoms with Gasteiger partial charge in [0.2, 0.25) is 0 Å². The predicted octanol–water partition coefficient (Wildman–Crippen LogP) is 3.49. The van der Waals surface area contributed by atoms with Crippen LogP contribution < -0.4 is 5.73 Å². The number of imidazole rings is 1. The molecule has 1 saturated carbocycles. The van der Waals surface area contributed by atoms with E-state index in [0.29, 0.717) is 11.3 Å². The number of rotatable bonds is 3. The highest BCUT2D eigenvalue weighted by Crippen LogP contribution is 2.38.